The normalized spacial score (nSPS) is 14.0. The summed E-state index contributed by atoms with van der Waals surface area (Å²) in [6.07, 6.45) is 8.14. The van der Waals surface area contributed by atoms with Gasteiger partial charge in [0.15, 0.2) is 0 Å². The average Bonchev–Trinajstić information content (AvgIpc) is 2.86. The van der Waals surface area contributed by atoms with Gasteiger partial charge in [0, 0.05) is 36.1 Å². The molecule has 1 aliphatic rings. The number of rotatable bonds is 12. The molecule has 0 atom stereocenters. The van der Waals surface area contributed by atoms with E-state index in [9.17, 15) is 9.59 Å². The highest BCUT2D eigenvalue weighted by molar-refractivity contribution is 5.96. The van der Waals surface area contributed by atoms with Crippen LogP contribution in [0.15, 0.2) is 48.5 Å². The molecule has 0 spiro atoms. The lowest BCUT2D eigenvalue weighted by atomic mass is 9.98. The predicted molar refractivity (Wildman–Crippen MR) is 139 cm³/mol. The van der Waals surface area contributed by atoms with Gasteiger partial charge in [-0.25, -0.2) is 0 Å². The molecular formula is C28H39N3O3. The molecule has 2 amide bonds. The van der Waals surface area contributed by atoms with E-state index in [1.165, 1.54) is 25.7 Å². The number of nitrogens with one attached hydrogen (secondary N) is 2. The van der Waals surface area contributed by atoms with E-state index in [0.717, 1.165) is 43.8 Å². The topological polar surface area (TPSA) is 70.7 Å². The molecule has 2 aromatic rings. The third-order valence-corrected chi connectivity index (χ3v) is 6.29. The van der Waals surface area contributed by atoms with E-state index in [-0.39, 0.29) is 18.4 Å². The van der Waals surface area contributed by atoms with Crippen molar-refractivity contribution in [2.24, 2.45) is 5.92 Å². The number of amides is 2. The number of unbranched alkanes of at least 4 members (excludes halogenated alkanes) is 4. The molecule has 0 aromatic heterocycles. The SMILES string of the molecule is CCCCCCCOc1cccc(NCC(=O)Nc2ccc(C(=O)N3CCC(C)CC3)cc2)c1. The first kappa shape index (κ1) is 25.6. The molecule has 0 radical (unpaired) electrons. The summed E-state index contributed by atoms with van der Waals surface area (Å²) in [5.74, 6) is 1.41. The molecular weight excluding hydrogens is 426 g/mol. The molecule has 6 nitrogen and oxygen atoms in total. The maximum absolute atomic E-state index is 12.7. The van der Waals surface area contributed by atoms with Crippen LogP contribution in [0.5, 0.6) is 5.75 Å². The number of ether oxygens (including phenoxy) is 1. The highest BCUT2D eigenvalue weighted by Crippen LogP contribution is 2.20. The third-order valence-electron chi connectivity index (χ3n) is 6.29. The molecule has 1 heterocycles. The Labute approximate surface area is 204 Å². The van der Waals surface area contributed by atoms with Crippen molar-refractivity contribution in [3.05, 3.63) is 54.1 Å². The minimum atomic E-state index is -0.147. The zero-order valence-electron chi connectivity index (χ0n) is 20.6. The lowest BCUT2D eigenvalue weighted by Gasteiger charge is -2.30. The van der Waals surface area contributed by atoms with Crippen LogP contribution in [0.3, 0.4) is 0 Å². The lowest BCUT2D eigenvalue weighted by Crippen LogP contribution is -2.37. The lowest BCUT2D eigenvalue weighted by molar-refractivity contribution is -0.114. The zero-order valence-corrected chi connectivity index (χ0v) is 20.6. The smallest absolute Gasteiger partial charge is 0.253 e. The van der Waals surface area contributed by atoms with E-state index < -0.39 is 0 Å². The van der Waals surface area contributed by atoms with Gasteiger partial charge in [0.2, 0.25) is 5.91 Å². The molecule has 2 aromatic carbocycles. The fourth-order valence-electron chi connectivity index (χ4n) is 4.07. The first-order valence-corrected chi connectivity index (χ1v) is 12.7. The Balaban J connectivity index is 1.40. The summed E-state index contributed by atoms with van der Waals surface area (Å²) < 4.78 is 5.84. The molecule has 1 fully saturated rings. The number of piperidine rings is 1. The molecule has 3 rings (SSSR count). The summed E-state index contributed by atoms with van der Waals surface area (Å²) in [4.78, 5) is 27.0. The predicted octanol–water partition coefficient (Wildman–Crippen LogP) is 5.96. The second-order valence-corrected chi connectivity index (χ2v) is 9.24. The van der Waals surface area contributed by atoms with Crippen LogP contribution in [0.25, 0.3) is 0 Å². The van der Waals surface area contributed by atoms with Gasteiger partial charge in [-0.1, -0.05) is 45.6 Å². The van der Waals surface area contributed by atoms with Gasteiger partial charge in [0.1, 0.15) is 5.75 Å². The quantitative estimate of drug-likeness (QED) is 0.380. The van der Waals surface area contributed by atoms with E-state index >= 15 is 0 Å². The van der Waals surface area contributed by atoms with E-state index in [0.29, 0.717) is 23.8 Å². The molecule has 1 saturated heterocycles. The summed E-state index contributed by atoms with van der Waals surface area (Å²) in [5.41, 5.74) is 2.18. The van der Waals surface area contributed by atoms with Crippen LogP contribution in [0.2, 0.25) is 0 Å². The van der Waals surface area contributed by atoms with Gasteiger partial charge < -0.3 is 20.3 Å². The largest absolute Gasteiger partial charge is 0.494 e. The summed E-state index contributed by atoms with van der Waals surface area (Å²) in [6.45, 7) is 6.93. The fraction of sp³-hybridized carbons (Fsp3) is 0.500. The van der Waals surface area contributed by atoms with Gasteiger partial charge in [-0.2, -0.15) is 0 Å². The number of anilines is 2. The number of carbonyl (C=O) groups excluding carboxylic acids is 2. The number of carbonyl (C=O) groups is 2. The Morgan fingerprint density at radius 3 is 2.44 bits per heavy atom. The maximum atomic E-state index is 12.7. The number of nitrogens with zero attached hydrogens (tertiary/aromatic N) is 1. The van der Waals surface area contributed by atoms with Crippen molar-refractivity contribution in [3.63, 3.8) is 0 Å². The Kier molecular flexibility index (Phi) is 10.3. The van der Waals surface area contributed by atoms with Crippen molar-refractivity contribution in [1.82, 2.24) is 4.90 Å². The molecule has 6 heteroatoms. The van der Waals surface area contributed by atoms with Gasteiger partial charge in [-0.15, -0.1) is 0 Å². The molecule has 0 bridgehead atoms. The van der Waals surface area contributed by atoms with Crippen LogP contribution in [0.1, 0.15) is 69.2 Å². The van der Waals surface area contributed by atoms with Crippen LogP contribution in [0, 0.1) is 5.92 Å². The second-order valence-electron chi connectivity index (χ2n) is 9.24. The Morgan fingerprint density at radius 2 is 1.71 bits per heavy atom. The van der Waals surface area contributed by atoms with Gasteiger partial charge in [-0.3, -0.25) is 9.59 Å². The summed E-state index contributed by atoms with van der Waals surface area (Å²) in [5, 5.41) is 6.03. The first-order chi connectivity index (χ1) is 16.5. The Bertz CT molecular complexity index is 905. The highest BCUT2D eigenvalue weighted by atomic mass is 16.5. The molecule has 0 unspecified atom stereocenters. The highest BCUT2D eigenvalue weighted by Gasteiger charge is 2.21. The van der Waals surface area contributed by atoms with Crippen LogP contribution < -0.4 is 15.4 Å². The summed E-state index contributed by atoms with van der Waals surface area (Å²) in [7, 11) is 0. The Morgan fingerprint density at radius 1 is 0.971 bits per heavy atom. The minimum absolute atomic E-state index is 0.0644. The number of hydrogen-bond acceptors (Lipinski definition) is 4. The number of likely N-dealkylation sites (tertiary alicyclic amines) is 1. The van der Waals surface area contributed by atoms with E-state index in [1.54, 1.807) is 24.3 Å². The molecule has 0 saturated carbocycles. The average molecular weight is 466 g/mol. The number of hydrogen-bond donors (Lipinski definition) is 2. The first-order valence-electron chi connectivity index (χ1n) is 12.7. The molecule has 1 aliphatic heterocycles. The van der Waals surface area contributed by atoms with Crippen molar-refractivity contribution in [3.8, 4) is 5.75 Å². The Hall–Kier alpha value is -3.02. The monoisotopic (exact) mass is 465 g/mol. The second kappa shape index (κ2) is 13.6. The molecule has 2 N–H and O–H groups in total. The van der Waals surface area contributed by atoms with Crippen LogP contribution in [-0.4, -0.2) is 43.0 Å². The van der Waals surface area contributed by atoms with Crippen molar-refractivity contribution < 1.29 is 14.3 Å². The maximum Gasteiger partial charge on any atom is 0.253 e. The van der Waals surface area contributed by atoms with Crippen molar-refractivity contribution in [2.75, 3.05) is 36.9 Å². The fourth-order valence-corrected chi connectivity index (χ4v) is 4.07. The zero-order chi connectivity index (χ0) is 24.2. The van der Waals surface area contributed by atoms with Gasteiger partial charge >= 0.3 is 0 Å². The molecule has 184 valence electrons. The van der Waals surface area contributed by atoms with Crippen molar-refractivity contribution >= 4 is 23.2 Å². The van der Waals surface area contributed by atoms with Gasteiger partial charge in [0.05, 0.1) is 13.2 Å². The standard InChI is InChI=1S/C28H39N3O3/c1-3-4-5-6-7-19-34-26-10-8-9-25(20-26)29-21-27(32)30-24-13-11-23(12-14-24)28(33)31-17-15-22(2)16-18-31/h8-14,20,22,29H,3-7,15-19,21H2,1-2H3,(H,30,32). The van der Waals surface area contributed by atoms with Gasteiger partial charge in [-0.05, 0) is 61.6 Å². The van der Waals surface area contributed by atoms with Crippen LogP contribution in [-0.2, 0) is 4.79 Å². The van der Waals surface area contributed by atoms with E-state index in [2.05, 4.69) is 24.5 Å². The number of benzene rings is 2. The van der Waals surface area contributed by atoms with Crippen molar-refractivity contribution in [1.29, 1.82) is 0 Å². The summed E-state index contributed by atoms with van der Waals surface area (Å²) in [6, 6.07) is 14.8. The molecule has 34 heavy (non-hydrogen) atoms. The van der Waals surface area contributed by atoms with Crippen LogP contribution in [0.4, 0.5) is 11.4 Å². The molecule has 0 aliphatic carbocycles. The van der Waals surface area contributed by atoms with E-state index in [4.69, 9.17) is 4.74 Å². The van der Waals surface area contributed by atoms with Crippen LogP contribution >= 0.6 is 0 Å². The third kappa shape index (κ3) is 8.40. The van der Waals surface area contributed by atoms with Gasteiger partial charge in [0.25, 0.3) is 5.91 Å². The summed E-state index contributed by atoms with van der Waals surface area (Å²) >= 11 is 0. The van der Waals surface area contributed by atoms with Crippen molar-refractivity contribution in [2.45, 2.75) is 58.8 Å². The minimum Gasteiger partial charge on any atom is -0.494 e. The van der Waals surface area contributed by atoms with E-state index in [1.807, 2.05) is 29.2 Å².